The minimum atomic E-state index is -0.136. The van der Waals surface area contributed by atoms with Crippen LogP contribution in [0.2, 0.25) is 0 Å². The molecule has 1 saturated heterocycles. The summed E-state index contributed by atoms with van der Waals surface area (Å²) < 4.78 is 3.31. The number of amides is 1. The summed E-state index contributed by atoms with van der Waals surface area (Å²) in [7, 11) is 0. The monoisotopic (exact) mass is 587 g/mol. The zero-order valence-corrected chi connectivity index (χ0v) is 24.0. The van der Waals surface area contributed by atoms with Gasteiger partial charge in [0.1, 0.15) is 0 Å². The van der Waals surface area contributed by atoms with Gasteiger partial charge < -0.3 is 20.1 Å². The maximum absolute atomic E-state index is 12.9. The summed E-state index contributed by atoms with van der Waals surface area (Å²) in [6, 6.07) is 24.1. The number of carbonyl (C=O) groups is 1. The summed E-state index contributed by atoms with van der Waals surface area (Å²) in [6.45, 7) is 6.77. The topological polar surface area (TPSA) is 62.2 Å². The Bertz CT molecular complexity index is 1450. The molecule has 0 bridgehead atoms. The maximum atomic E-state index is 12.9. The van der Waals surface area contributed by atoms with E-state index in [1.54, 1.807) is 6.20 Å². The third-order valence-electron chi connectivity index (χ3n) is 6.99. The van der Waals surface area contributed by atoms with E-state index in [0.29, 0.717) is 18.1 Å². The van der Waals surface area contributed by atoms with Crippen LogP contribution >= 0.6 is 28.1 Å². The van der Waals surface area contributed by atoms with Gasteiger partial charge in [-0.3, -0.25) is 9.78 Å². The van der Waals surface area contributed by atoms with Crippen LogP contribution in [0.3, 0.4) is 0 Å². The molecule has 1 aliphatic heterocycles. The number of benzene rings is 2. The van der Waals surface area contributed by atoms with Crippen LogP contribution in [0.5, 0.6) is 0 Å². The summed E-state index contributed by atoms with van der Waals surface area (Å²) in [6.07, 6.45) is 2.12. The lowest BCUT2D eigenvalue weighted by molar-refractivity contribution is -0.116. The van der Waals surface area contributed by atoms with E-state index in [2.05, 4.69) is 85.2 Å². The first-order valence-corrected chi connectivity index (χ1v) is 13.8. The van der Waals surface area contributed by atoms with Crippen LogP contribution in [0, 0.1) is 20.8 Å². The SMILES string of the molecule is Cc1ccc(NC(=O)CCN2C(=S)N[C@H](c3ccccn3)[C@H]2c2cc(C)n(-c3ccc(Br)cc3)c2C)cc1. The molecule has 0 saturated carbocycles. The Labute approximate surface area is 237 Å². The number of rotatable bonds is 7. The van der Waals surface area contributed by atoms with Crippen molar-refractivity contribution in [3.8, 4) is 5.69 Å². The number of nitrogens with one attached hydrogen (secondary N) is 2. The lowest BCUT2D eigenvalue weighted by Crippen LogP contribution is -2.32. The minimum Gasteiger partial charge on any atom is -0.352 e. The molecule has 3 heterocycles. The van der Waals surface area contributed by atoms with Crippen LogP contribution in [-0.4, -0.2) is 32.0 Å². The summed E-state index contributed by atoms with van der Waals surface area (Å²) in [5, 5.41) is 7.13. The molecular formula is C30H30BrN5OS. The molecule has 2 N–H and O–H groups in total. The molecule has 6 nitrogen and oxygen atoms in total. The fourth-order valence-electron chi connectivity index (χ4n) is 5.14. The van der Waals surface area contributed by atoms with Crippen LogP contribution in [0.25, 0.3) is 5.69 Å². The average Bonchev–Trinajstić information content (AvgIpc) is 3.39. The van der Waals surface area contributed by atoms with E-state index in [4.69, 9.17) is 12.2 Å². The second-order valence-corrected chi connectivity index (χ2v) is 10.9. The molecular weight excluding hydrogens is 558 g/mol. The van der Waals surface area contributed by atoms with E-state index in [1.807, 2.05) is 49.4 Å². The Hall–Kier alpha value is -3.49. The first-order chi connectivity index (χ1) is 18.3. The van der Waals surface area contributed by atoms with E-state index < -0.39 is 0 Å². The number of anilines is 1. The molecule has 1 amide bonds. The van der Waals surface area contributed by atoms with Crippen molar-refractivity contribution >= 4 is 44.9 Å². The number of thiocarbonyl (C=S) groups is 1. The van der Waals surface area contributed by atoms with Crippen molar-refractivity contribution in [1.29, 1.82) is 0 Å². The van der Waals surface area contributed by atoms with E-state index in [0.717, 1.165) is 44.1 Å². The number of pyridine rings is 1. The molecule has 38 heavy (non-hydrogen) atoms. The first kappa shape index (κ1) is 26.1. The number of hydrogen-bond donors (Lipinski definition) is 2. The number of aryl methyl sites for hydroxylation is 2. The molecule has 0 radical (unpaired) electrons. The fraction of sp³-hybridized carbons (Fsp3) is 0.233. The van der Waals surface area contributed by atoms with Gasteiger partial charge in [-0.2, -0.15) is 0 Å². The average molecular weight is 589 g/mol. The predicted octanol–water partition coefficient (Wildman–Crippen LogP) is 6.56. The van der Waals surface area contributed by atoms with Gasteiger partial charge in [0.15, 0.2) is 5.11 Å². The molecule has 1 aliphatic rings. The maximum Gasteiger partial charge on any atom is 0.226 e. The second kappa shape index (κ2) is 11.1. The van der Waals surface area contributed by atoms with Gasteiger partial charge in [-0.15, -0.1) is 0 Å². The van der Waals surface area contributed by atoms with Gasteiger partial charge in [-0.1, -0.05) is 39.7 Å². The molecule has 4 aromatic rings. The smallest absolute Gasteiger partial charge is 0.226 e. The highest BCUT2D eigenvalue weighted by Gasteiger charge is 2.41. The van der Waals surface area contributed by atoms with Crippen molar-refractivity contribution in [2.75, 3.05) is 11.9 Å². The van der Waals surface area contributed by atoms with Crippen molar-refractivity contribution in [3.05, 3.63) is 112 Å². The number of hydrogen-bond acceptors (Lipinski definition) is 3. The molecule has 8 heteroatoms. The highest BCUT2D eigenvalue weighted by atomic mass is 79.9. The lowest BCUT2D eigenvalue weighted by atomic mass is 9.96. The van der Waals surface area contributed by atoms with Gasteiger partial charge in [-0.05, 0) is 93.1 Å². The largest absolute Gasteiger partial charge is 0.352 e. The predicted molar refractivity (Wildman–Crippen MR) is 160 cm³/mol. The molecule has 2 atom stereocenters. The van der Waals surface area contributed by atoms with Gasteiger partial charge >= 0.3 is 0 Å². The van der Waals surface area contributed by atoms with E-state index >= 15 is 0 Å². The lowest BCUT2D eigenvalue weighted by Gasteiger charge is -2.28. The van der Waals surface area contributed by atoms with Crippen LogP contribution in [0.4, 0.5) is 5.69 Å². The third-order valence-corrected chi connectivity index (χ3v) is 7.87. The third kappa shape index (κ3) is 5.37. The molecule has 0 spiro atoms. The van der Waals surface area contributed by atoms with Crippen molar-refractivity contribution in [2.24, 2.45) is 0 Å². The standard InChI is InChI=1S/C30H30BrN5OS/c1-19-7-11-23(12-8-19)33-27(37)15-17-35-29(28(34-30(35)38)26-6-4-5-16-32-26)25-18-20(2)36(21(25)3)24-13-9-22(31)10-14-24/h4-14,16,18,28-29H,15,17H2,1-3H3,(H,33,37)(H,34,38)/t28-,29-/m1/s1. The first-order valence-electron chi connectivity index (χ1n) is 12.6. The number of aromatic nitrogens is 2. The summed E-state index contributed by atoms with van der Waals surface area (Å²) in [5.74, 6) is -0.0444. The Kier molecular flexibility index (Phi) is 7.63. The van der Waals surface area contributed by atoms with Crippen LogP contribution in [0.1, 0.15) is 46.7 Å². The summed E-state index contributed by atoms with van der Waals surface area (Å²) in [4.78, 5) is 19.7. The summed E-state index contributed by atoms with van der Waals surface area (Å²) in [5.41, 5.74) is 7.39. The molecule has 194 valence electrons. The second-order valence-electron chi connectivity index (χ2n) is 9.62. The van der Waals surface area contributed by atoms with Gasteiger partial charge in [0, 0.05) is 46.4 Å². The van der Waals surface area contributed by atoms with Crippen molar-refractivity contribution in [1.82, 2.24) is 19.8 Å². The molecule has 5 rings (SSSR count). The quantitative estimate of drug-likeness (QED) is 0.240. The van der Waals surface area contributed by atoms with E-state index in [9.17, 15) is 4.79 Å². The highest BCUT2D eigenvalue weighted by molar-refractivity contribution is 9.10. The summed E-state index contributed by atoms with van der Waals surface area (Å²) >= 11 is 9.36. The molecule has 0 unspecified atom stereocenters. The van der Waals surface area contributed by atoms with Gasteiger partial charge in [0.05, 0.1) is 17.8 Å². The van der Waals surface area contributed by atoms with Crippen LogP contribution in [-0.2, 0) is 4.79 Å². The van der Waals surface area contributed by atoms with E-state index in [-0.39, 0.29) is 18.0 Å². The zero-order valence-electron chi connectivity index (χ0n) is 21.6. The Morgan fingerprint density at radius 3 is 2.47 bits per heavy atom. The van der Waals surface area contributed by atoms with Crippen LogP contribution < -0.4 is 10.6 Å². The number of carbonyl (C=O) groups excluding carboxylic acids is 1. The van der Waals surface area contributed by atoms with E-state index in [1.165, 1.54) is 0 Å². The Balaban J connectivity index is 1.46. The fourth-order valence-corrected chi connectivity index (χ4v) is 5.74. The van der Waals surface area contributed by atoms with Crippen molar-refractivity contribution < 1.29 is 4.79 Å². The van der Waals surface area contributed by atoms with Crippen molar-refractivity contribution in [2.45, 2.75) is 39.3 Å². The molecule has 0 aliphatic carbocycles. The normalized spacial score (nSPS) is 16.9. The zero-order chi connectivity index (χ0) is 26.8. The molecule has 1 fully saturated rings. The number of halogens is 1. The minimum absolute atomic E-state index is 0.0444. The highest BCUT2D eigenvalue weighted by Crippen LogP contribution is 2.41. The van der Waals surface area contributed by atoms with Gasteiger partial charge in [0.25, 0.3) is 0 Å². The van der Waals surface area contributed by atoms with Gasteiger partial charge in [-0.25, -0.2) is 0 Å². The molecule has 2 aromatic carbocycles. The number of nitrogens with zero attached hydrogens (tertiary/aromatic N) is 3. The Morgan fingerprint density at radius 2 is 1.79 bits per heavy atom. The van der Waals surface area contributed by atoms with Gasteiger partial charge in [0.2, 0.25) is 5.91 Å². The molecule has 2 aromatic heterocycles. The van der Waals surface area contributed by atoms with Crippen molar-refractivity contribution in [3.63, 3.8) is 0 Å². The Morgan fingerprint density at radius 1 is 1.05 bits per heavy atom. The van der Waals surface area contributed by atoms with Crippen LogP contribution in [0.15, 0.2) is 83.5 Å².